The Hall–Kier alpha value is -1.16. The first-order valence-electron chi connectivity index (χ1n) is 4.60. The van der Waals surface area contributed by atoms with Gasteiger partial charge in [0.1, 0.15) is 0 Å². The minimum absolute atomic E-state index is 0.351. The second kappa shape index (κ2) is 5.66. The average molecular weight is 270 g/mol. The zero-order chi connectivity index (χ0) is 11.3. The number of aromatic nitrogens is 1. The molecule has 1 aromatic heterocycles. The Morgan fingerprint density at radius 3 is 3.00 bits per heavy atom. The second-order valence-electron chi connectivity index (χ2n) is 2.94. The van der Waals surface area contributed by atoms with Gasteiger partial charge in [-0.3, -0.25) is 4.98 Å². The molecule has 0 fully saturated rings. The van der Waals surface area contributed by atoms with Gasteiger partial charge in [-0.1, -0.05) is 15.9 Å². The topological polar surface area (TPSA) is 39.2 Å². The van der Waals surface area contributed by atoms with Gasteiger partial charge in [0.05, 0.1) is 12.3 Å². The van der Waals surface area contributed by atoms with Crippen LogP contribution in [0.3, 0.4) is 0 Å². The lowest BCUT2D eigenvalue weighted by atomic mass is 10.2. The van der Waals surface area contributed by atoms with Gasteiger partial charge in [-0.2, -0.15) is 0 Å². The second-order valence-corrected chi connectivity index (χ2v) is 3.80. The molecule has 0 saturated carbocycles. The molecular formula is C11H12BrNO2. The summed E-state index contributed by atoms with van der Waals surface area (Å²) in [6, 6.07) is 1.85. The molecule has 0 aliphatic carbocycles. The van der Waals surface area contributed by atoms with Crippen molar-refractivity contribution in [3.05, 3.63) is 34.1 Å². The van der Waals surface area contributed by atoms with Crippen molar-refractivity contribution in [1.29, 1.82) is 0 Å². The summed E-state index contributed by atoms with van der Waals surface area (Å²) in [5.74, 6) is -0.351. The minimum atomic E-state index is -0.351. The SMILES string of the molecule is CCOC(=O)C=Cc1cc(Br)c(C)cn1. The van der Waals surface area contributed by atoms with E-state index in [1.54, 1.807) is 19.2 Å². The van der Waals surface area contributed by atoms with Crippen LogP contribution in [0, 0.1) is 6.92 Å². The lowest BCUT2D eigenvalue weighted by molar-refractivity contribution is -0.137. The van der Waals surface area contributed by atoms with E-state index in [-0.39, 0.29) is 5.97 Å². The molecule has 80 valence electrons. The summed E-state index contributed by atoms with van der Waals surface area (Å²) in [6.07, 6.45) is 4.74. The van der Waals surface area contributed by atoms with Crippen LogP contribution in [0.25, 0.3) is 6.08 Å². The highest BCUT2D eigenvalue weighted by Gasteiger charge is 1.97. The molecule has 0 aliphatic rings. The number of hydrogen-bond acceptors (Lipinski definition) is 3. The molecular weight excluding hydrogens is 258 g/mol. The Balaban J connectivity index is 2.72. The molecule has 0 amide bonds. The van der Waals surface area contributed by atoms with Crippen molar-refractivity contribution < 1.29 is 9.53 Å². The van der Waals surface area contributed by atoms with E-state index in [2.05, 4.69) is 20.9 Å². The Labute approximate surface area is 97.3 Å². The Morgan fingerprint density at radius 2 is 2.40 bits per heavy atom. The normalized spacial score (nSPS) is 10.6. The smallest absolute Gasteiger partial charge is 0.330 e. The standard InChI is InChI=1S/C11H12BrNO2/c1-3-15-11(14)5-4-9-6-10(12)8(2)7-13-9/h4-7H,3H2,1-2H3. The molecule has 0 N–H and O–H groups in total. The number of nitrogens with zero attached hydrogens (tertiary/aromatic N) is 1. The zero-order valence-corrected chi connectivity index (χ0v) is 10.2. The number of esters is 1. The third-order valence-electron chi connectivity index (χ3n) is 1.74. The largest absolute Gasteiger partial charge is 0.463 e. The molecule has 15 heavy (non-hydrogen) atoms. The molecule has 0 atom stereocenters. The summed E-state index contributed by atoms with van der Waals surface area (Å²) in [5.41, 5.74) is 1.78. The van der Waals surface area contributed by atoms with Crippen molar-refractivity contribution in [1.82, 2.24) is 4.98 Å². The molecule has 0 unspecified atom stereocenters. The molecule has 0 bridgehead atoms. The van der Waals surface area contributed by atoms with Crippen LogP contribution in [-0.2, 0) is 9.53 Å². The predicted octanol–water partition coefficient (Wildman–Crippen LogP) is 2.73. The highest BCUT2D eigenvalue weighted by molar-refractivity contribution is 9.10. The highest BCUT2D eigenvalue weighted by Crippen LogP contribution is 2.15. The Morgan fingerprint density at radius 1 is 1.67 bits per heavy atom. The molecule has 0 aromatic carbocycles. The van der Waals surface area contributed by atoms with E-state index in [0.717, 1.165) is 15.7 Å². The van der Waals surface area contributed by atoms with E-state index in [9.17, 15) is 4.79 Å². The van der Waals surface area contributed by atoms with Crippen molar-refractivity contribution in [3.8, 4) is 0 Å². The number of aryl methyl sites for hydroxylation is 1. The number of rotatable bonds is 3. The van der Waals surface area contributed by atoms with E-state index in [0.29, 0.717) is 6.61 Å². The van der Waals surface area contributed by atoms with Crippen LogP contribution in [0.2, 0.25) is 0 Å². The van der Waals surface area contributed by atoms with Crippen LogP contribution in [0.15, 0.2) is 22.8 Å². The van der Waals surface area contributed by atoms with E-state index in [4.69, 9.17) is 4.74 Å². The van der Waals surface area contributed by atoms with E-state index in [1.807, 2.05) is 13.0 Å². The van der Waals surface area contributed by atoms with Gasteiger partial charge in [-0.05, 0) is 31.6 Å². The Bertz CT molecular complexity index is 388. The highest BCUT2D eigenvalue weighted by atomic mass is 79.9. The van der Waals surface area contributed by atoms with Crippen LogP contribution in [0.1, 0.15) is 18.2 Å². The fraction of sp³-hybridized carbons (Fsp3) is 0.273. The van der Waals surface area contributed by atoms with Gasteiger partial charge in [-0.25, -0.2) is 4.79 Å². The number of halogens is 1. The lowest BCUT2D eigenvalue weighted by Crippen LogP contribution is -1.98. The van der Waals surface area contributed by atoms with Crippen molar-refractivity contribution in [3.63, 3.8) is 0 Å². The number of pyridine rings is 1. The maximum atomic E-state index is 11.0. The third-order valence-corrected chi connectivity index (χ3v) is 2.59. The first kappa shape index (κ1) is 11.9. The summed E-state index contributed by atoms with van der Waals surface area (Å²) in [6.45, 7) is 4.11. The molecule has 1 heterocycles. The summed E-state index contributed by atoms with van der Waals surface area (Å²) in [4.78, 5) is 15.2. The fourth-order valence-corrected chi connectivity index (χ4v) is 1.29. The third kappa shape index (κ3) is 3.83. The van der Waals surface area contributed by atoms with E-state index in [1.165, 1.54) is 6.08 Å². The van der Waals surface area contributed by atoms with Crippen molar-refractivity contribution in [2.45, 2.75) is 13.8 Å². The molecule has 0 spiro atoms. The molecule has 4 heteroatoms. The monoisotopic (exact) mass is 269 g/mol. The lowest BCUT2D eigenvalue weighted by Gasteiger charge is -1.98. The number of carbonyl (C=O) groups excluding carboxylic acids is 1. The van der Waals surface area contributed by atoms with Gasteiger partial charge in [0, 0.05) is 16.7 Å². The van der Waals surface area contributed by atoms with Gasteiger partial charge >= 0.3 is 5.97 Å². The average Bonchev–Trinajstić information content (AvgIpc) is 2.20. The van der Waals surface area contributed by atoms with Gasteiger partial charge in [0.15, 0.2) is 0 Å². The number of hydrogen-bond donors (Lipinski definition) is 0. The van der Waals surface area contributed by atoms with Crippen LogP contribution >= 0.6 is 15.9 Å². The van der Waals surface area contributed by atoms with E-state index >= 15 is 0 Å². The maximum absolute atomic E-state index is 11.0. The van der Waals surface area contributed by atoms with Crippen LogP contribution in [0.5, 0.6) is 0 Å². The number of ether oxygens (including phenoxy) is 1. The van der Waals surface area contributed by atoms with Crippen LogP contribution in [-0.4, -0.2) is 17.6 Å². The maximum Gasteiger partial charge on any atom is 0.330 e. The van der Waals surface area contributed by atoms with Crippen LogP contribution in [0.4, 0.5) is 0 Å². The summed E-state index contributed by atoms with van der Waals surface area (Å²) >= 11 is 3.39. The molecule has 1 rings (SSSR count). The molecule has 0 radical (unpaired) electrons. The molecule has 3 nitrogen and oxygen atoms in total. The van der Waals surface area contributed by atoms with Crippen molar-refractivity contribution in [2.24, 2.45) is 0 Å². The predicted molar refractivity (Wildman–Crippen MR) is 62.3 cm³/mol. The first-order chi connectivity index (χ1) is 7.13. The van der Waals surface area contributed by atoms with Gasteiger partial charge in [-0.15, -0.1) is 0 Å². The molecule has 0 aliphatic heterocycles. The minimum Gasteiger partial charge on any atom is -0.463 e. The summed E-state index contributed by atoms with van der Waals surface area (Å²) in [7, 11) is 0. The van der Waals surface area contributed by atoms with Gasteiger partial charge < -0.3 is 4.74 Å². The molecule has 0 saturated heterocycles. The Kier molecular flexibility index (Phi) is 4.49. The quantitative estimate of drug-likeness (QED) is 0.626. The summed E-state index contributed by atoms with van der Waals surface area (Å²) < 4.78 is 5.73. The number of carbonyl (C=O) groups is 1. The van der Waals surface area contributed by atoms with Gasteiger partial charge in [0.2, 0.25) is 0 Å². The van der Waals surface area contributed by atoms with E-state index < -0.39 is 0 Å². The molecule has 1 aromatic rings. The van der Waals surface area contributed by atoms with Crippen molar-refractivity contribution >= 4 is 28.0 Å². The first-order valence-corrected chi connectivity index (χ1v) is 5.39. The van der Waals surface area contributed by atoms with Gasteiger partial charge in [0.25, 0.3) is 0 Å². The van der Waals surface area contributed by atoms with Crippen molar-refractivity contribution in [2.75, 3.05) is 6.61 Å². The fourth-order valence-electron chi connectivity index (χ4n) is 0.949. The summed E-state index contributed by atoms with van der Waals surface area (Å²) in [5, 5.41) is 0. The zero-order valence-electron chi connectivity index (χ0n) is 8.66. The van der Waals surface area contributed by atoms with Crippen LogP contribution < -0.4 is 0 Å².